The summed E-state index contributed by atoms with van der Waals surface area (Å²) in [6.07, 6.45) is 16.0. The van der Waals surface area contributed by atoms with Crippen LogP contribution in [-0.2, 0) is 22.1 Å². The summed E-state index contributed by atoms with van der Waals surface area (Å²) in [6.45, 7) is 15.4. The molecule has 2 aromatic rings. The number of rotatable bonds is 19. The van der Waals surface area contributed by atoms with Crippen LogP contribution in [-0.4, -0.2) is 36.1 Å². The van der Waals surface area contributed by atoms with Crippen molar-refractivity contribution < 1.29 is 8.95 Å². The first-order valence-corrected chi connectivity index (χ1v) is 15.7. The van der Waals surface area contributed by atoms with Crippen LogP contribution in [0, 0.1) is 12.3 Å². The van der Waals surface area contributed by atoms with E-state index < -0.39 is 10.8 Å². The van der Waals surface area contributed by atoms with Crippen LogP contribution in [0.1, 0.15) is 117 Å². The Bertz CT molecular complexity index is 1020. The summed E-state index contributed by atoms with van der Waals surface area (Å²) < 4.78 is 20.2. The molecular formula is C29H49ClN4O2S. The zero-order valence-corrected chi connectivity index (χ0v) is 25.6. The Morgan fingerprint density at radius 3 is 2.22 bits per heavy atom. The van der Waals surface area contributed by atoms with Crippen molar-refractivity contribution in [3.05, 3.63) is 23.4 Å². The highest BCUT2D eigenvalue weighted by Gasteiger charge is 2.23. The van der Waals surface area contributed by atoms with Gasteiger partial charge in [-0.2, -0.15) is 4.98 Å². The first-order chi connectivity index (χ1) is 17.6. The summed E-state index contributed by atoms with van der Waals surface area (Å²) in [7, 11) is 0.450. The van der Waals surface area contributed by atoms with Crippen LogP contribution in [0.5, 0.6) is 0 Å². The molecule has 2 atom stereocenters. The molecule has 0 saturated carbocycles. The monoisotopic (exact) mass is 552 g/mol. The molecule has 0 amide bonds. The van der Waals surface area contributed by atoms with E-state index in [2.05, 4.69) is 39.9 Å². The zero-order valence-electron chi connectivity index (χ0n) is 24.1. The Labute approximate surface area is 232 Å². The van der Waals surface area contributed by atoms with Gasteiger partial charge in [-0.05, 0) is 49.6 Å². The van der Waals surface area contributed by atoms with Gasteiger partial charge >= 0.3 is 0 Å². The van der Waals surface area contributed by atoms with E-state index in [9.17, 15) is 4.21 Å². The SMILES string of the molecule is C=C(CCCCCCCCC(C)(CC)CCCCCn1c(C)nc2nc(Cl)nc(S(=O)C(C)C)c21)OC. The smallest absolute Gasteiger partial charge is 0.225 e. The van der Waals surface area contributed by atoms with Crippen molar-refractivity contribution >= 4 is 33.6 Å². The van der Waals surface area contributed by atoms with Crippen molar-refractivity contribution in [2.45, 2.75) is 135 Å². The molecule has 2 aromatic heterocycles. The molecule has 210 valence electrons. The van der Waals surface area contributed by atoms with E-state index in [4.69, 9.17) is 16.3 Å². The number of aromatic nitrogens is 4. The molecule has 2 rings (SSSR count). The van der Waals surface area contributed by atoms with Crippen molar-refractivity contribution in [1.29, 1.82) is 0 Å². The number of halogens is 1. The number of imidazole rings is 1. The highest BCUT2D eigenvalue weighted by atomic mass is 35.5. The van der Waals surface area contributed by atoms with Crippen molar-refractivity contribution in [3.8, 4) is 0 Å². The highest BCUT2D eigenvalue weighted by Crippen LogP contribution is 2.34. The Balaban J connectivity index is 1.78. The minimum absolute atomic E-state index is 0.0501. The lowest BCUT2D eigenvalue weighted by atomic mass is 9.77. The van der Waals surface area contributed by atoms with E-state index >= 15 is 0 Å². The standard InChI is InChI=1S/C29H49ClN4O2S/c1-8-29(6,19-15-12-10-9-11-14-18-23(4)36-7)20-16-13-17-21-34-24(5)31-26-25(34)27(33-28(30)32-26)37(35)22(2)3/h22H,4,8-21H2,1-3,5-7H3. The first kappa shape index (κ1) is 31.7. The average molecular weight is 553 g/mol. The Morgan fingerprint density at radius 1 is 1.03 bits per heavy atom. The summed E-state index contributed by atoms with van der Waals surface area (Å²) in [5.41, 5.74) is 1.75. The van der Waals surface area contributed by atoms with Gasteiger partial charge in [-0.3, -0.25) is 4.21 Å². The highest BCUT2D eigenvalue weighted by molar-refractivity contribution is 7.85. The molecule has 0 aliphatic rings. The van der Waals surface area contributed by atoms with E-state index in [-0.39, 0.29) is 10.5 Å². The quantitative estimate of drug-likeness (QED) is 0.0755. The van der Waals surface area contributed by atoms with Gasteiger partial charge in [0.1, 0.15) is 11.3 Å². The third-order valence-corrected chi connectivity index (χ3v) is 9.33. The van der Waals surface area contributed by atoms with E-state index in [1.54, 1.807) is 7.11 Å². The van der Waals surface area contributed by atoms with Crippen LogP contribution in [0.2, 0.25) is 5.28 Å². The molecule has 0 fully saturated rings. The first-order valence-electron chi connectivity index (χ1n) is 14.1. The van der Waals surface area contributed by atoms with E-state index in [1.807, 2.05) is 20.8 Å². The molecule has 0 N–H and O–H groups in total. The molecule has 6 nitrogen and oxygen atoms in total. The lowest BCUT2D eigenvalue weighted by Crippen LogP contribution is -2.15. The molecule has 0 spiro atoms. The van der Waals surface area contributed by atoms with Crippen LogP contribution in [0.25, 0.3) is 11.2 Å². The summed E-state index contributed by atoms with van der Waals surface area (Å²) in [4.78, 5) is 13.2. The zero-order chi connectivity index (χ0) is 27.4. The van der Waals surface area contributed by atoms with Crippen LogP contribution >= 0.6 is 11.6 Å². The number of unbranched alkanes of at least 4 members (excludes halogenated alkanes) is 7. The van der Waals surface area contributed by atoms with Crippen LogP contribution in [0.3, 0.4) is 0 Å². The largest absolute Gasteiger partial charge is 0.502 e. The van der Waals surface area contributed by atoms with Gasteiger partial charge in [0.05, 0.1) is 23.7 Å². The average Bonchev–Trinajstić information content (AvgIpc) is 3.18. The van der Waals surface area contributed by atoms with Crippen LogP contribution < -0.4 is 0 Å². The number of allylic oxidation sites excluding steroid dienone is 1. The Kier molecular flexibility index (Phi) is 13.6. The molecule has 0 aromatic carbocycles. The van der Waals surface area contributed by atoms with E-state index in [0.29, 0.717) is 16.1 Å². The third kappa shape index (κ3) is 9.97. The summed E-state index contributed by atoms with van der Waals surface area (Å²) in [6, 6.07) is 0. The van der Waals surface area contributed by atoms with Gasteiger partial charge in [0.25, 0.3) is 0 Å². The van der Waals surface area contributed by atoms with Crippen LogP contribution in [0.4, 0.5) is 0 Å². The minimum atomic E-state index is -1.25. The van der Waals surface area contributed by atoms with E-state index in [1.165, 1.54) is 70.6 Å². The second-order valence-corrected chi connectivity index (χ2v) is 13.2. The second kappa shape index (κ2) is 15.8. The number of aryl methyl sites for hydroxylation is 2. The summed E-state index contributed by atoms with van der Waals surface area (Å²) in [5.74, 6) is 1.77. The molecule has 2 unspecified atom stereocenters. The predicted octanol–water partition coefficient (Wildman–Crippen LogP) is 8.56. The topological polar surface area (TPSA) is 69.9 Å². The van der Waals surface area contributed by atoms with Crippen molar-refractivity contribution in [1.82, 2.24) is 19.5 Å². The maximum atomic E-state index is 12.9. The predicted molar refractivity (Wildman–Crippen MR) is 157 cm³/mol. The molecular weight excluding hydrogens is 504 g/mol. The van der Waals surface area contributed by atoms with Gasteiger partial charge in [0.2, 0.25) is 5.28 Å². The maximum absolute atomic E-state index is 12.9. The molecule has 8 heteroatoms. The molecule has 0 saturated heterocycles. The van der Waals surface area contributed by atoms with Crippen molar-refractivity contribution in [2.75, 3.05) is 7.11 Å². The van der Waals surface area contributed by atoms with Gasteiger partial charge in [0, 0.05) is 18.2 Å². The van der Waals surface area contributed by atoms with Gasteiger partial charge in [-0.25, -0.2) is 9.97 Å². The molecule has 0 aliphatic heterocycles. The van der Waals surface area contributed by atoms with Gasteiger partial charge in [-0.15, -0.1) is 0 Å². The van der Waals surface area contributed by atoms with Gasteiger partial charge in [-0.1, -0.05) is 85.6 Å². The normalized spacial score (nSPS) is 14.3. The minimum Gasteiger partial charge on any atom is -0.502 e. The fourth-order valence-corrected chi connectivity index (χ4v) is 6.11. The number of ether oxygens (including phenoxy) is 1. The molecule has 0 aliphatic carbocycles. The van der Waals surface area contributed by atoms with Gasteiger partial charge < -0.3 is 9.30 Å². The Morgan fingerprint density at radius 2 is 1.62 bits per heavy atom. The number of hydrogen-bond donors (Lipinski definition) is 0. The fourth-order valence-electron chi connectivity index (χ4n) is 4.88. The molecule has 0 bridgehead atoms. The van der Waals surface area contributed by atoms with Crippen LogP contribution in [0.15, 0.2) is 17.4 Å². The summed E-state index contributed by atoms with van der Waals surface area (Å²) in [5, 5.41) is 0.559. The lowest BCUT2D eigenvalue weighted by Gasteiger charge is -2.28. The number of methoxy groups -OCH3 is 1. The molecule has 2 heterocycles. The number of hydrogen-bond acceptors (Lipinski definition) is 5. The van der Waals surface area contributed by atoms with Crippen molar-refractivity contribution in [3.63, 3.8) is 0 Å². The number of nitrogens with zero attached hydrogens (tertiary/aromatic N) is 4. The molecule has 37 heavy (non-hydrogen) atoms. The maximum Gasteiger partial charge on any atom is 0.225 e. The third-order valence-electron chi connectivity index (χ3n) is 7.64. The summed E-state index contributed by atoms with van der Waals surface area (Å²) >= 11 is 6.11. The fraction of sp³-hybridized carbons (Fsp3) is 0.759. The molecule has 0 radical (unpaired) electrons. The van der Waals surface area contributed by atoms with Crippen molar-refractivity contribution in [2.24, 2.45) is 5.41 Å². The van der Waals surface area contributed by atoms with E-state index in [0.717, 1.165) is 36.5 Å². The number of fused-ring (bicyclic) bond motifs is 1. The Hall–Kier alpha value is -1.47. The van der Waals surface area contributed by atoms with Gasteiger partial charge in [0.15, 0.2) is 10.7 Å². The lowest BCUT2D eigenvalue weighted by molar-refractivity contribution is 0.240. The second-order valence-electron chi connectivity index (χ2n) is 11.0.